The summed E-state index contributed by atoms with van der Waals surface area (Å²) in [6.07, 6.45) is 3.47. The van der Waals surface area contributed by atoms with Crippen LogP contribution >= 0.6 is 0 Å². The van der Waals surface area contributed by atoms with Gasteiger partial charge in [-0.2, -0.15) is 0 Å². The largest absolute Gasteiger partial charge is 0.344 e. The van der Waals surface area contributed by atoms with E-state index in [1.54, 1.807) is 6.08 Å². The number of carbonyl (C=O) groups excluding carboxylic acids is 1. The molecule has 0 aliphatic carbocycles. The van der Waals surface area contributed by atoms with Crippen LogP contribution in [0.2, 0.25) is 0 Å². The molecular formula is C20H24N2O. The van der Waals surface area contributed by atoms with E-state index in [2.05, 4.69) is 10.2 Å². The molecule has 0 fully saturated rings. The highest BCUT2D eigenvalue weighted by molar-refractivity contribution is 5.92. The summed E-state index contributed by atoms with van der Waals surface area (Å²) in [6.45, 7) is 2.80. The second-order valence-corrected chi connectivity index (χ2v) is 5.92. The van der Waals surface area contributed by atoms with Crippen molar-refractivity contribution < 1.29 is 4.79 Å². The van der Waals surface area contributed by atoms with Crippen molar-refractivity contribution in [3.8, 4) is 0 Å². The van der Waals surface area contributed by atoms with E-state index >= 15 is 0 Å². The summed E-state index contributed by atoms with van der Waals surface area (Å²) in [5, 5.41) is 3.09. The molecule has 0 heterocycles. The van der Waals surface area contributed by atoms with Crippen LogP contribution in [-0.2, 0) is 4.79 Å². The van der Waals surface area contributed by atoms with Crippen molar-refractivity contribution in [3.05, 3.63) is 77.4 Å². The van der Waals surface area contributed by atoms with Gasteiger partial charge in [-0.05, 0) is 43.8 Å². The molecule has 0 spiro atoms. The van der Waals surface area contributed by atoms with Crippen molar-refractivity contribution in [2.75, 3.05) is 20.6 Å². The molecule has 0 unspecified atom stereocenters. The van der Waals surface area contributed by atoms with Crippen LogP contribution in [-0.4, -0.2) is 31.4 Å². The quantitative estimate of drug-likeness (QED) is 0.829. The van der Waals surface area contributed by atoms with Gasteiger partial charge in [0.1, 0.15) is 0 Å². The minimum atomic E-state index is -0.0797. The van der Waals surface area contributed by atoms with Crippen LogP contribution in [0.15, 0.2) is 60.7 Å². The van der Waals surface area contributed by atoms with Gasteiger partial charge in [-0.15, -0.1) is 0 Å². The SMILES string of the molecule is Cc1ccccc1/C=C/C(=O)N[C@H](CN(C)C)c1ccccc1. The van der Waals surface area contributed by atoms with E-state index in [-0.39, 0.29) is 11.9 Å². The lowest BCUT2D eigenvalue weighted by Gasteiger charge is -2.22. The molecule has 1 N–H and O–H groups in total. The third kappa shape index (κ3) is 5.38. The highest BCUT2D eigenvalue weighted by atomic mass is 16.1. The molecule has 1 atom stereocenters. The van der Waals surface area contributed by atoms with E-state index in [1.165, 1.54) is 0 Å². The first kappa shape index (κ1) is 17.0. The lowest BCUT2D eigenvalue weighted by molar-refractivity contribution is -0.117. The molecule has 0 saturated carbocycles. The van der Waals surface area contributed by atoms with Crippen LogP contribution in [0.4, 0.5) is 0 Å². The zero-order valence-electron chi connectivity index (χ0n) is 14.0. The predicted molar refractivity (Wildman–Crippen MR) is 96.1 cm³/mol. The van der Waals surface area contributed by atoms with Gasteiger partial charge < -0.3 is 10.2 Å². The highest BCUT2D eigenvalue weighted by Gasteiger charge is 2.13. The van der Waals surface area contributed by atoms with Gasteiger partial charge in [0.2, 0.25) is 5.91 Å². The first-order valence-corrected chi connectivity index (χ1v) is 7.80. The number of benzene rings is 2. The molecule has 2 rings (SSSR count). The van der Waals surface area contributed by atoms with Gasteiger partial charge in [0, 0.05) is 12.6 Å². The maximum absolute atomic E-state index is 12.3. The first-order valence-electron chi connectivity index (χ1n) is 7.80. The molecule has 1 amide bonds. The number of nitrogens with one attached hydrogen (secondary N) is 1. The Labute approximate surface area is 138 Å². The second-order valence-electron chi connectivity index (χ2n) is 5.92. The average Bonchev–Trinajstić information content (AvgIpc) is 2.54. The fourth-order valence-electron chi connectivity index (χ4n) is 2.44. The summed E-state index contributed by atoms with van der Waals surface area (Å²) in [5.41, 5.74) is 3.33. The molecule has 3 nitrogen and oxygen atoms in total. The Morgan fingerprint density at radius 3 is 2.39 bits per heavy atom. The van der Waals surface area contributed by atoms with Gasteiger partial charge in [0.05, 0.1) is 6.04 Å². The van der Waals surface area contributed by atoms with Crippen LogP contribution < -0.4 is 5.32 Å². The fraction of sp³-hybridized carbons (Fsp3) is 0.250. The zero-order valence-corrected chi connectivity index (χ0v) is 14.0. The van der Waals surface area contributed by atoms with E-state index in [0.717, 1.165) is 23.2 Å². The zero-order chi connectivity index (χ0) is 16.7. The molecule has 0 aliphatic heterocycles. The van der Waals surface area contributed by atoms with E-state index in [0.29, 0.717) is 0 Å². The topological polar surface area (TPSA) is 32.3 Å². The van der Waals surface area contributed by atoms with Crippen LogP contribution in [0, 0.1) is 6.92 Å². The van der Waals surface area contributed by atoms with Gasteiger partial charge in [-0.25, -0.2) is 0 Å². The lowest BCUT2D eigenvalue weighted by Crippen LogP contribution is -2.34. The van der Waals surface area contributed by atoms with Crippen molar-refractivity contribution in [2.45, 2.75) is 13.0 Å². The Morgan fingerprint density at radius 2 is 1.74 bits per heavy atom. The summed E-state index contributed by atoms with van der Waals surface area (Å²) in [4.78, 5) is 14.3. The molecule has 0 aromatic heterocycles. The summed E-state index contributed by atoms with van der Waals surface area (Å²) < 4.78 is 0. The van der Waals surface area contributed by atoms with Gasteiger partial charge in [-0.3, -0.25) is 4.79 Å². The van der Waals surface area contributed by atoms with Crippen LogP contribution in [0.3, 0.4) is 0 Å². The number of rotatable bonds is 6. The Balaban J connectivity index is 2.07. The molecule has 3 heteroatoms. The molecule has 0 radical (unpaired) electrons. The monoisotopic (exact) mass is 308 g/mol. The number of carbonyl (C=O) groups is 1. The average molecular weight is 308 g/mol. The normalized spacial score (nSPS) is 12.5. The molecule has 120 valence electrons. The Bertz CT molecular complexity index is 662. The maximum Gasteiger partial charge on any atom is 0.244 e. The standard InChI is InChI=1S/C20H24N2O/c1-16-9-7-8-10-17(16)13-14-20(23)21-19(15-22(2)3)18-11-5-4-6-12-18/h4-14,19H,15H2,1-3H3,(H,21,23)/b14-13+/t19-/m1/s1. The summed E-state index contributed by atoms with van der Waals surface area (Å²) in [6, 6.07) is 18.0. The minimum absolute atomic E-state index is 0.0276. The molecule has 0 aliphatic rings. The number of amides is 1. The van der Waals surface area contributed by atoms with Gasteiger partial charge in [0.25, 0.3) is 0 Å². The molecule has 0 bridgehead atoms. The summed E-state index contributed by atoms with van der Waals surface area (Å²) in [5.74, 6) is -0.0797. The molecule has 2 aromatic carbocycles. The van der Waals surface area contributed by atoms with Crippen molar-refractivity contribution >= 4 is 12.0 Å². The molecular weight excluding hydrogens is 284 g/mol. The number of likely N-dealkylation sites (N-methyl/N-ethyl adjacent to an activating group) is 1. The van der Waals surface area contributed by atoms with Gasteiger partial charge >= 0.3 is 0 Å². The number of aryl methyl sites for hydroxylation is 1. The third-order valence-corrected chi connectivity index (χ3v) is 3.67. The summed E-state index contributed by atoms with van der Waals surface area (Å²) in [7, 11) is 4.01. The molecule has 0 saturated heterocycles. The highest BCUT2D eigenvalue weighted by Crippen LogP contribution is 2.14. The van der Waals surface area contributed by atoms with Crippen LogP contribution in [0.5, 0.6) is 0 Å². The van der Waals surface area contributed by atoms with Crippen LogP contribution in [0.1, 0.15) is 22.7 Å². The second kappa shape index (κ2) is 8.30. The van der Waals surface area contributed by atoms with Crippen molar-refractivity contribution in [3.63, 3.8) is 0 Å². The third-order valence-electron chi connectivity index (χ3n) is 3.67. The number of hydrogen-bond acceptors (Lipinski definition) is 2. The van der Waals surface area contributed by atoms with Crippen molar-refractivity contribution in [2.24, 2.45) is 0 Å². The van der Waals surface area contributed by atoms with Crippen LogP contribution in [0.25, 0.3) is 6.08 Å². The van der Waals surface area contributed by atoms with Crippen molar-refractivity contribution in [1.29, 1.82) is 0 Å². The van der Waals surface area contributed by atoms with E-state index in [9.17, 15) is 4.79 Å². The fourth-order valence-corrected chi connectivity index (χ4v) is 2.44. The first-order chi connectivity index (χ1) is 11.1. The smallest absolute Gasteiger partial charge is 0.244 e. The predicted octanol–water partition coefficient (Wildman–Crippen LogP) is 3.43. The van der Waals surface area contributed by atoms with Crippen molar-refractivity contribution in [1.82, 2.24) is 10.2 Å². The number of hydrogen-bond donors (Lipinski definition) is 1. The number of nitrogens with zero attached hydrogens (tertiary/aromatic N) is 1. The Morgan fingerprint density at radius 1 is 1.09 bits per heavy atom. The van der Waals surface area contributed by atoms with Gasteiger partial charge in [-0.1, -0.05) is 54.6 Å². The van der Waals surface area contributed by atoms with E-state index in [1.807, 2.05) is 81.7 Å². The Hall–Kier alpha value is -2.39. The van der Waals surface area contributed by atoms with E-state index < -0.39 is 0 Å². The lowest BCUT2D eigenvalue weighted by atomic mass is 10.1. The van der Waals surface area contributed by atoms with E-state index in [4.69, 9.17) is 0 Å². The summed E-state index contributed by atoms with van der Waals surface area (Å²) >= 11 is 0. The van der Waals surface area contributed by atoms with Gasteiger partial charge in [0.15, 0.2) is 0 Å². The Kier molecular flexibility index (Phi) is 6.12. The maximum atomic E-state index is 12.3. The minimum Gasteiger partial charge on any atom is -0.344 e. The molecule has 23 heavy (non-hydrogen) atoms. The molecule has 2 aromatic rings.